The third kappa shape index (κ3) is 7.43. The molecule has 16 heteroatoms. The number of carbonyl (C=O) groups is 1. The Morgan fingerprint density at radius 1 is 0.981 bits per heavy atom. The van der Waals surface area contributed by atoms with Crippen molar-refractivity contribution in [1.29, 1.82) is 0 Å². The van der Waals surface area contributed by atoms with E-state index in [-0.39, 0.29) is 17.4 Å². The average molecular weight is 768 g/mol. The van der Waals surface area contributed by atoms with Gasteiger partial charge < -0.3 is 14.2 Å². The number of methoxy groups -OCH3 is 1. The zero-order valence-electron chi connectivity index (χ0n) is 28.8. The van der Waals surface area contributed by atoms with Crippen LogP contribution in [0, 0.1) is 25.5 Å². The molecule has 6 aromatic rings. The molecule has 0 bridgehead atoms. The van der Waals surface area contributed by atoms with Gasteiger partial charge in [-0.05, 0) is 93.8 Å². The molecule has 0 saturated heterocycles. The first-order valence-electron chi connectivity index (χ1n) is 15.7. The first-order chi connectivity index (χ1) is 24.5. The van der Waals surface area contributed by atoms with Gasteiger partial charge in [0.2, 0.25) is 5.13 Å². The molecule has 270 valence electrons. The van der Waals surface area contributed by atoms with E-state index in [0.717, 1.165) is 15.8 Å². The van der Waals surface area contributed by atoms with E-state index >= 15 is 8.78 Å². The molecule has 0 radical (unpaired) electrons. The molecular weight excluding hydrogens is 736 g/mol. The lowest BCUT2D eigenvalue weighted by Crippen LogP contribution is -2.31. The molecule has 0 aliphatic rings. The Kier molecular flexibility index (Phi) is 9.96. The standard InChI is InChI=1S/C36H32ClF2N5O6S2/c1-20-13-25(48-6)10-7-23(20)18-43(34-40-19-41-51-34)52(46,47)33-17-28(38)32(16-29(33)39)49-31-12-9-24(37)15-27(31)22-8-11-30-26(14-22)21(2)42-44(30)35(45)50-36(3,4)5/h7-17,19H,18H2,1-6H3. The summed E-state index contributed by atoms with van der Waals surface area (Å²) in [6.07, 6.45) is 0.531. The van der Waals surface area contributed by atoms with Crippen LogP contribution in [0.1, 0.15) is 37.6 Å². The van der Waals surface area contributed by atoms with Crippen molar-refractivity contribution in [1.82, 2.24) is 19.1 Å². The monoisotopic (exact) mass is 767 g/mol. The van der Waals surface area contributed by atoms with Crippen LogP contribution in [0.4, 0.5) is 18.7 Å². The lowest BCUT2D eigenvalue weighted by molar-refractivity contribution is 0.0522. The number of anilines is 1. The quantitative estimate of drug-likeness (QED) is 0.142. The Morgan fingerprint density at radius 3 is 2.42 bits per heavy atom. The first-order valence-corrected chi connectivity index (χ1v) is 18.3. The Bertz CT molecular complexity index is 2430. The molecule has 0 saturated carbocycles. The highest BCUT2D eigenvalue weighted by Crippen LogP contribution is 2.39. The third-order valence-electron chi connectivity index (χ3n) is 7.88. The molecule has 0 aliphatic carbocycles. The molecule has 0 atom stereocenters. The van der Waals surface area contributed by atoms with Crippen molar-refractivity contribution in [2.45, 2.75) is 51.7 Å². The number of rotatable bonds is 9. The van der Waals surface area contributed by atoms with Crippen LogP contribution in [0.2, 0.25) is 5.02 Å². The fourth-order valence-electron chi connectivity index (χ4n) is 5.38. The molecule has 0 N–H and O–H groups in total. The molecule has 0 amide bonds. The van der Waals surface area contributed by atoms with E-state index in [1.807, 2.05) is 0 Å². The topological polar surface area (TPSA) is 126 Å². The van der Waals surface area contributed by atoms with Crippen molar-refractivity contribution in [2.75, 3.05) is 11.4 Å². The van der Waals surface area contributed by atoms with Crippen molar-refractivity contribution in [3.63, 3.8) is 0 Å². The summed E-state index contributed by atoms with van der Waals surface area (Å²) in [5.41, 5.74) is 2.58. The predicted molar refractivity (Wildman–Crippen MR) is 194 cm³/mol. The zero-order valence-corrected chi connectivity index (χ0v) is 31.2. The summed E-state index contributed by atoms with van der Waals surface area (Å²) >= 11 is 7.14. The van der Waals surface area contributed by atoms with Crippen molar-refractivity contribution in [2.24, 2.45) is 0 Å². The molecule has 52 heavy (non-hydrogen) atoms. The summed E-state index contributed by atoms with van der Waals surface area (Å²) in [7, 11) is -3.20. The molecule has 11 nitrogen and oxygen atoms in total. The molecule has 0 aliphatic heterocycles. The Hall–Kier alpha value is -5.12. The van der Waals surface area contributed by atoms with Crippen molar-refractivity contribution < 1.29 is 36.2 Å². The zero-order chi connectivity index (χ0) is 37.5. The van der Waals surface area contributed by atoms with Gasteiger partial charge in [0.1, 0.15) is 34.1 Å². The normalized spacial score (nSPS) is 11.9. The maximum absolute atomic E-state index is 15.9. The summed E-state index contributed by atoms with van der Waals surface area (Å²) in [6.45, 7) is 8.54. The molecule has 0 spiro atoms. The van der Waals surface area contributed by atoms with Gasteiger partial charge in [0.05, 0.1) is 24.9 Å². The van der Waals surface area contributed by atoms with Crippen molar-refractivity contribution in [3.8, 4) is 28.4 Å². The maximum atomic E-state index is 15.9. The van der Waals surface area contributed by atoms with E-state index in [4.69, 9.17) is 25.8 Å². The predicted octanol–water partition coefficient (Wildman–Crippen LogP) is 9.08. The van der Waals surface area contributed by atoms with Crippen LogP contribution in [-0.2, 0) is 21.3 Å². The van der Waals surface area contributed by atoms with Gasteiger partial charge in [-0.2, -0.15) is 14.2 Å². The number of ether oxygens (including phenoxy) is 3. The number of carbonyl (C=O) groups excluding carboxylic acids is 1. The minimum atomic E-state index is -4.71. The van der Waals surface area contributed by atoms with Gasteiger partial charge in [0.15, 0.2) is 11.6 Å². The van der Waals surface area contributed by atoms with Gasteiger partial charge in [-0.25, -0.2) is 31.3 Å². The van der Waals surface area contributed by atoms with Crippen LogP contribution < -0.4 is 13.8 Å². The van der Waals surface area contributed by atoms with E-state index in [0.29, 0.717) is 61.8 Å². The molecule has 4 aromatic carbocycles. The summed E-state index contributed by atoms with van der Waals surface area (Å²) in [5, 5.41) is 5.29. The second-order valence-electron chi connectivity index (χ2n) is 12.7. The van der Waals surface area contributed by atoms with Crippen LogP contribution in [0.25, 0.3) is 22.0 Å². The Balaban J connectivity index is 1.34. The van der Waals surface area contributed by atoms with Gasteiger partial charge in [0.25, 0.3) is 10.0 Å². The smallest absolute Gasteiger partial charge is 0.435 e. The number of benzene rings is 4. The molecule has 2 heterocycles. The molecular formula is C36H32ClF2N5O6S2. The van der Waals surface area contributed by atoms with E-state index < -0.39 is 44.0 Å². The van der Waals surface area contributed by atoms with Crippen LogP contribution >= 0.6 is 23.1 Å². The Labute approximate surface area is 307 Å². The van der Waals surface area contributed by atoms with Crippen molar-refractivity contribution >= 4 is 55.3 Å². The molecule has 0 unspecified atom stereocenters. The van der Waals surface area contributed by atoms with Gasteiger partial charge in [-0.3, -0.25) is 0 Å². The number of aromatic nitrogens is 4. The van der Waals surface area contributed by atoms with E-state index in [1.54, 1.807) is 77.1 Å². The summed E-state index contributed by atoms with van der Waals surface area (Å²) in [5.74, 6) is -2.28. The van der Waals surface area contributed by atoms with E-state index in [2.05, 4.69) is 14.5 Å². The fraction of sp³-hybridized carbons (Fsp3) is 0.222. The van der Waals surface area contributed by atoms with Crippen LogP contribution in [-0.4, -0.2) is 46.4 Å². The number of fused-ring (bicyclic) bond motifs is 1. The first kappa shape index (κ1) is 36.7. The maximum Gasteiger partial charge on any atom is 0.435 e. The highest BCUT2D eigenvalue weighted by atomic mass is 35.5. The van der Waals surface area contributed by atoms with Crippen LogP contribution in [0.15, 0.2) is 78.0 Å². The van der Waals surface area contributed by atoms with E-state index in [9.17, 15) is 13.2 Å². The van der Waals surface area contributed by atoms with Crippen LogP contribution in [0.3, 0.4) is 0 Å². The minimum Gasteiger partial charge on any atom is -0.497 e. The third-order valence-corrected chi connectivity index (χ3v) is 10.7. The summed E-state index contributed by atoms with van der Waals surface area (Å²) < 4.78 is 82.2. The number of hydrogen-bond acceptors (Lipinski definition) is 10. The van der Waals surface area contributed by atoms with Gasteiger partial charge in [-0.15, -0.1) is 0 Å². The van der Waals surface area contributed by atoms with Crippen molar-refractivity contribution in [3.05, 3.63) is 107 Å². The number of halogens is 3. The average Bonchev–Trinajstić information content (AvgIpc) is 3.73. The second kappa shape index (κ2) is 14.1. The Morgan fingerprint density at radius 2 is 1.75 bits per heavy atom. The highest BCUT2D eigenvalue weighted by molar-refractivity contribution is 7.93. The minimum absolute atomic E-state index is 0.0370. The number of sulfonamides is 1. The fourth-order valence-corrected chi connectivity index (χ4v) is 7.74. The van der Waals surface area contributed by atoms with E-state index in [1.165, 1.54) is 30.3 Å². The number of aryl methyl sites for hydroxylation is 2. The summed E-state index contributed by atoms with van der Waals surface area (Å²) in [6, 6.07) is 16.0. The molecule has 2 aromatic heterocycles. The second-order valence-corrected chi connectivity index (χ2v) is 15.7. The summed E-state index contributed by atoms with van der Waals surface area (Å²) in [4.78, 5) is 15.9. The van der Waals surface area contributed by atoms with Gasteiger partial charge in [-0.1, -0.05) is 23.7 Å². The van der Waals surface area contributed by atoms with Crippen LogP contribution in [0.5, 0.6) is 17.2 Å². The van der Waals surface area contributed by atoms with Gasteiger partial charge in [0, 0.05) is 39.6 Å². The highest BCUT2D eigenvalue weighted by Gasteiger charge is 2.32. The largest absolute Gasteiger partial charge is 0.497 e. The lowest BCUT2D eigenvalue weighted by Gasteiger charge is -2.23. The lowest BCUT2D eigenvalue weighted by atomic mass is 10.0. The number of hydrogen-bond donors (Lipinski definition) is 0. The number of nitrogens with zero attached hydrogens (tertiary/aromatic N) is 5. The van der Waals surface area contributed by atoms with Gasteiger partial charge >= 0.3 is 6.09 Å². The molecule has 6 rings (SSSR count). The molecule has 0 fully saturated rings. The SMILES string of the molecule is COc1ccc(CN(c2ncns2)S(=O)(=O)c2cc(F)c(Oc3ccc(Cl)cc3-c3ccc4c(c3)c(C)nn4C(=O)OC(C)(C)C)cc2F)c(C)c1.